The molecule has 1 aliphatic heterocycles. The van der Waals surface area contributed by atoms with Crippen molar-refractivity contribution in [2.45, 2.75) is 38.3 Å². The van der Waals surface area contributed by atoms with E-state index in [1.165, 1.54) is 0 Å². The molecular formula is C12H16N4O3. The maximum absolute atomic E-state index is 12.1. The van der Waals surface area contributed by atoms with Crippen molar-refractivity contribution < 1.29 is 14.4 Å². The van der Waals surface area contributed by atoms with E-state index in [9.17, 15) is 14.4 Å². The fraction of sp³-hybridized carbons (Fsp3) is 0.500. The van der Waals surface area contributed by atoms with Crippen LogP contribution in [0.1, 0.15) is 32.2 Å². The molecule has 0 saturated carbocycles. The summed E-state index contributed by atoms with van der Waals surface area (Å²) < 4.78 is 1.70. The average molecular weight is 264 g/mol. The number of amides is 3. The first-order valence-corrected chi connectivity index (χ1v) is 6.23. The molecule has 0 spiro atoms. The number of imidazole rings is 1. The molecule has 2 heterocycles. The van der Waals surface area contributed by atoms with Crippen molar-refractivity contribution in [2.24, 2.45) is 0 Å². The molecule has 0 radical (unpaired) electrons. The highest BCUT2D eigenvalue weighted by Crippen LogP contribution is 2.12. The summed E-state index contributed by atoms with van der Waals surface area (Å²) in [6, 6.07) is -1.03. The molecule has 3 amide bonds. The third-order valence-corrected chi connectivity index (χ3v) is 3.13. The van der Waals surface area contributed by atoms with Crippen LogP contribution < -0.4 is 10.6 Å². The molecule has 2 N–H and O–H groups in total. The van der Waals surface area contributed by atoms with Crippen molar-refractivity contribution in [1.82, 2.24) is 20.2 Å². The van der Waals surface area contributed by atoms with Crippen molar-refractivity contribution >= 4 is 17.7 Å². The van der Waals surface area contributed by atoms with E-state index in [4.69, 9.17) is 0 Å². The molecule has 0 aromatic carbocycles. The number of rotatable bonds is 4. The van der Waals surface area contributed by atoms with Crippen molar-refractivity contribution in [1.29, 1.82) is 0 Å². The van der Waals surface area contributed by atoms with Crippen molar-refractivity contribution in [3.63, 3.8) is 0 Å². The zero-order chi connectivity index (χ0) is 13.8. The molecule has 0 bridgehead atoms. The summed E-state index contributed by atoms with van der Waals surface area (Å²) in [5.74, 6) is -0.975. The number of piperidine rings is 1. The summed E-state index contributed by atoms with van der Waals surface area (Å²) in [6.45, 7) is 1.88. The Bertz CT molecular complexity index is 483. The monoisotopic (exact) mass is 264 g/mol. The van der Waals surface area contributed by atoms with E-state index >= 15 is 0 Å². The predicted octanol–water partition coefficient (Wildman–Crippen LogP) is -0.244. The number of carbonyl (C=O) groups excluding carboxylic acids is 3. The van der Waals surface area contributed by atoms with Crippen LogP contribution in [0.5, 0.6) is 0 Å². The first-order chi connectivity index (χ1) is 9.11. The molecule has 7 heteroatoms. The first-order valence-electron chi connectivity index (χ1n) is 6.23. The predicted molar refractivity (Wildman–Crippen MR) is 65.9 cm³/mol. The zero-order valence-electron chi connectivity index (χ0n) is 10.6. The molecule has 2 unspecified atom stereocenters. The Morgan fingerprint density at radius 2 is 2.42 bits per heavy atom. The van der Waals surface area contributed by atoms with Crippen LogP contribution in [0.4, 0.5) is 0 Å². The van der Waals surface area contributed by atoms with Gasteiger partial charge >= 0.3 is 0 Å². The number of hydrogen-bond donors (Lipinski definition) is 2. The SMILES string of the molecule is CCC(C(=O)NC1CCC(=O)NC1=O)n1ccnc1. The van der Waals surface area contributed by atoms with Gasteiger partial charge in [-0.3, -0.25) is 19.7 Å². The molecule has 102 valence electrons. The van der Waals surface area contributed by atoms with Gasteiger partial charge in [-0.05, 0) is 12.8 Å². The highest BCUT2D eigenvalue weighted by molar-refractivity contribution is 6.01. The largest absolute Gasteiger partial charge is 0.342 e. The Morgan fingerprint density at radius 1 is 1.63 bits per heavy atom. The van der Waals surface area contributed by atoms with Gasteiger partial charge in [-0.25, -0.2) is 4.98 Å². The molecule has 1 saturated heterocycles. The van der Waals surface area contributed by atoms with Gasteiger partial charge in [0, 0.05) is 18.8 Å². The van der Waals surface area contributed by atoms with E-state index in [0.29, 0.717) is 12.8 Å². The van der Waals surface area contributed by atoms with Crippen LogP contribution in [0.25, 0.3) is 0 Å². The van der Waals surface area contributed by atoms with Gasteiger partial charge in [0.2, 0.25) is 17.7 Å². The zero-order valence-corrected chi connectivity index (χ0v) is 10.6. The van der Waals surface area contributed by atoms with E-state index < -0.39 is 18.0 Å². The Labute approximate surface area is 110 Å². The van der Waals surface area contributed by atoms with Crippen LogP contribution in [0, 0.1) is 0 Å². The number of hydrogen-bond acceptors (Lipinski definition) is 4. The molecule has 7 nitrogen and oxygen atoms in total. The van der Waals surface area contributed by atoms with Crippen LogP contribution in [0.2, 0.25) is 0 Å². The van der Waals surface area contributed by atoms with E-state index in [1.807, 2.05) is 6.92 Å². The minimum absolute atomic E-state index is 0.241. The van der Waals surface area contributed by atoms with Gasteiger partial charge in [0.25, 0.3) is 0 Å². The summed E-state index contributed by atoms with van der Waals surface area (Å²) in [5.41, 5.74) is 0. The number of nitrogens with one attached hydrogen (secondary N) is 2. The van der Waals surface area contributed by atoms with Gasteiger partial charge < -0.3 is 9.88 Å². The lowest BCUT2D eigenvalue weighted by Gasteiger charge is -2.24. The summed E-state index contributed by atoms with van der Waals surface area (Å²) in [4.78, 5) is 38.6. The normalized spacial score (nSPS) is 20.8. The van der Waals surface area contributed by atoms with Gasteiger partial charge in [-0.2, -0.15) is 0 Å². The van der Waals surface area contributed by atoms with Crippen LogP contribution in [-0.4, -0.2) is 33.3 Å². The van der Waals surface area contributed by atoms with Crippen LogP contribution in [0.3, 0.4) is 0 Å². The van der Waals surface area contributed by atoms with E-state index in [-0.39, 0.29) is 18.2 Å². The molecule has 2 rings (SSSR count). The van der Waals surface area contributed by atoms with Crippen LogP contribution in [0.15, 0.2) is 18.7 Å². The Balaban J connectivity index is 2.00. The van der Waals surface area contributed by atoms with Gasteiger partial charge in [-0.1, -0.05) is 6.92 Å². The molecule has 19 heavy (non-hydrogen) atoms. The standard InChI is InChI=1S/C12H16N4O3/c1-2-9(16-6-5-13-7-16)12(19)14-8-3-4-10(17)15-11(8)18/h5-9H,2-4H2,1H3,(H,14,19)(H,15,17,18). The number of aromatic nitrogens is 2. The molecule has 0 aliphatic carbocycles. The summed E-state index contributed by atoms with van der Waals surface area (Å²) in [5, 5.41) is 4.89. The minimum Gasteiger partial charge on any atom is -0.342 e. The summed E-state index contributed by atoms with van der Waals surface area (Å²) in [6.07, 6.45) is 6.06. The minimum atomic E-state index is -0.636. The number of nitrogens with zero attached hydrogens (tertiary/aromatic N) is 2. The second-order valence-electron chi connectivity index (χ2n) is 4.45. The highest BCUT2D eigenvalue weighted by atomic mass is 16.2. The van der Waals surface area contributed by atoms with Crippen LogP contribution in [-0.2, 0) is 14.4 Å². The fourth-order valence-corrected chi connectivity index (χ4v) is 2.08. The quantitative estimate of drug-likeness (QED) is 0.734. The molecular weight excluding hydrogens is 248 g/mol. The lowest BCUT2D eigenvalue weighted by atomic mass is 10.1. The number of imide groups is 1. The first kappa shape index (κ1) is 13.3. The third kappa shape index (κ3) is 2.98. The molecule has 1 aromatic rings. The molecule has 1 aliphatic rings. The van der Waals surface area contributed by atoms with Gasteiger partial charge in [0.15, 0.2) is 0 Å². The Hall–Kier alpha value is -2.18. The van der Waals surface area contributed by atoms with Crippen molar-refractivity contribution in [3.05, 3.63) is 18.7 Å². The topological polar surface area (TPSA) is 93.1 Å². The maximum atomic E-state index is 12.1. The fourth-order valence-electron chi connectivity index (χ4n) is 2.08. The Morgan fingerprint density at radius 3 is 3.00 bits per heavy atom. The summed E-state index contributed by atoms with van der Waals surface area (Å²) in [7, 11) is 0. The third-order valence-electron chi connectivity index (χ3n) is 3.13. The van der Waals surface area contributed by atoms with Crippen LogP contribution >= 0.6 is 0 Å². The lowest BCUT2D eigenvalue weighted by molar-refractivity contribution is -0.138. The van der Waals surface area contributed by atoms with Gasteiger partial charge in [0.05, 0.1) is 6.33 Å². The maximum Gasteiger partial charge on any atom is 0.249 e. The van der Waals surface area contributed by atoms with E-state index in [1.54, 1.807) is 23.3 Å². The lowest BCUT2D eigenvalue weighted by Crippen LogP contribution is -2.53. The molecule has 2 atom stereocenters. The van der Waals surface area contributed by atoms with Gasteiger partial charge in [0.1, 0.15) is 12.1 Å². The second-order valence-corrected chi connectivity index (χ2v) is 4.45. The molecule has 1 fully saturated rings. The smallest absolute Gasteiger partial charge is 0.249 e. The van der Waals surface area contributed by atoms with E-state index in [2.05, 4.69) is 15.6 Å². The Kier molecular flexibility index (Phi) is 3.94. The second kappa shape index (κ2) is 5.64. The highest BCUT2D eigenvalue weighted by Gasteiger charge is 2.29. The van der Waals surface area contributed by atoms with E-state index in [0.717, 1.165) is 0 Å². The van der Waals surface area contributed by atoms with Crippen molar-refractivity contribution in [3.8, 4) is 0 Å². The summed E-state index contributed by atoms with van der Waals surface area (Å²) >= 11 is 0. The van der Waals surface area contributed by atoms with Gasteiger partial charge in [-0.15, -0.1) is 0 Å². The van der Waals surface area contributed by atoms with Crippen molar-refractivity contribution in [2.75, 3.05) is 0 Å². The molecule has 1 aromatic heterocycles. The number of carbonyl (C=O) groups is 3. The average Bonchev–Trinajstić information content (AvgIpc) is 2.87.